The van der Waals surface area contributed by atoms with Gasteiger partial charge in [-0.1, -0.05) is 12.1 Å². The smallest absolute Gasteiger partial charge is 0.153 e. The summed E-state index contributed by atoms with van der Waals surface area (Å²) in [5.74, 6) is -1.23. The number of halogens is 3. The zero-order valence-electron chi connectivity index (χ0n) is 10.5. The second-order valence-corrected chi connectivity index (χ2v) is 4.98. The van der Waals surface area contributed by atoms with E-state index in [-0.39, 0.29) is 29.0 Å². The van der Waals surface area contributed by atoms with Crippen LogP contribution in [0.1, 0.15) is 18.9 Å². The van der Waals surface area contributed by atoms with Crippen LogP contribution in [0, 0.1) is 11.6 Å². The van der Waals surface area contributed by atoms with Crippen molar-refractivity contribution in [3.8, 4) is 0 Å². The van der Waals surface area contributed by atoms with Gasteiger partial charge in [-0.2, -0.15) is 0 Å². The van der Waals surface area contributed by atoms with Crippen LogP contribution in [-0.4, -0.2) is 29.0 Å². The first-order valence-electron chi connectivity index (χ1n) is 5.80. The summed E-state index contributed by atoms with van der Waals surface area (Å²) >= 11 is 3.03. The summed E-state index contributed by atoms with van der Waals surface area (Å²) in [5.41, 5.74) is 5.39. The standard InChI is InChI=1S/C12H16BrF2N3O/c1-2-5-18(7-11(16)17-19)6-8-10(14)4-3-9(13)12(8)15/h3-4,19H,2,5-7H2,1H3,(H2,16,17). The van der Waals surface area contributed by atoms with Gasteiger partial charge in [-0.15, -0.1) is 0 Å². The van der Waals surface area contributed by atoms with Crippen molar-refractivity contribution in [2.75, 3.05) is 13.1 Å². The van der Waals surface area contributed by atoms with Gasteiger partial charge >= 0.3 is 0 Å². The number of nitrogens with two attached hydrogens (primary N) is 1. The molecule has 0 fully saturated rings. The highest BCUT2D eigenvalue weighted by atomic mass is 79.9. The molecule has 4 nitrogen and oxygen atoms in total. The van der Waals surface area contributed by atoms with Gasteiger partial charge in [0.25, 0.3) is 0 Å². The summed E-state index contributed by atoms with van der Waals surface area (Å²) in [6, 6.07) is 2.53. The molecule has 0 saturated carbocycles. The van der Waals surface area contributed by atoms with Crippen molar-refractivity contribution in [2.24, 2.45) is 10.9 Å². The van der Waals surface area contributed by atoms with E-state index in [1.54, 1.807) is 4.90 Å². The Morgan fingerprint density at radius 1 is 1.47 bits per heavy atom. The Kier molecular flexibility index (Phi) is 6.17. The molecule has 0 heterocycles. The molecule has 1 aromatic rings. The molecule has 0 spiro atoms. The quantitative estimate of drug-likeness (QED) is 0.276. The molecule has 0 aliphatic heterocycles. The predicted octanol–water partition coefficient (Wildman–Crippen LogP) is 2.69. The fourth-order valence-electron chi connectivity index (χ4n) is 1.73. The van der Waals surface area contributed by atoms with Crippen LogP contribution >= 0.6 is 15.9 Å². The van der Waals surface area contributed by atoms with Crippen molar-refractivity contribution in [3.05, 3.63) is 33.8 Å². The molecule has 7 heteroatoms. The van der Waals surface area contributed by atoms with Crippen LogP contribution in [0.3, 0.4) is 0 Å². The number of rotatable bonds is 6. The Morgan fingerprint density at radius 3 is 2.74 bits per heavy atom. The molecule has 0 amide bonds. The summed E-state index contributed by atoms with van der Waals surface area (Å²) in [5, 5.41) is 11.4. The maximum atomic E-state index is 13.9. The van der Waals surface area contributed by atoms with Crippen LogP contribution in [0.2, 0.25) is 0 Å². The summed E-state index contributed by atoms with van der Waals surface area (Å²) in [6.45, 7) is 2.73. The molecule has 0 radical (unpaired) electrons. The first-order valence-corrected chi connectivity index (χ1v) is 6.60. The molecule has 19 heavy (non-hydrogen) atoms. The molecule has 0 aliphatic rings. The topological polar surface area (TPSA) is 61.8 Å². The third-order valence-corrected chi connectivity index (χ3v) is 3.19. The minimum Gasteiger partial charge on any atom is -0.409 e. The van der Waals surface area contributed by atoms with Crippen molar-refractivity contribution < 1.29 is 14.0 Å². The zero-order chi connectivity index (χ0) is 14.4. The minimum atomic E-state index is -0.624. The molecule has 0 bridgehead atoms. The number of amidine groups is 1. The lowest BCUT2D eigenvalue weighted by Crippen LogP contribution is -2.34. The van der Waals surface area contributed by atoms with Crippen molar-refractivity contribution in [3.63, 3.8) is 0 Å². The molecule has 0 unspecified atom stereocenters. The van der Waals surface area contributed by atoms with E-state index >= 15 is 0 Å². The van der Waals surface area contributed by atoms with Crippen molar-refractivity contribution in [2.45, 2.75) is 19.9 Å². The summed E-state index contributed by atoms with van der Waals surface area (Å²) in [7, 11) is 0. The van der Waals surface area contributed by atoms with E-state index in [9.17, 15) is 8.78 Å². The lowest BCUT2D eigenvalue weighted by atomic mass is 10.1. The third kappa shape index (κ3) is 4.43. The maximum absolute atomic E-state index is 13.9. The summed E-state index contributed by atoms with van der Waals surface area (Å²) in [6.07, 6.45) is 0.788. The maximum Gasteiger partial charge on any atom is 0.153 e. The molecule has 0 saturated heterocycles. The molecular formula is C12H16BrF2N3O. The van der Waals surface area contributed by atoms with E-state index in [4.69, 9.17) is 10.9 Å². The van der Waals surface area contributed by atoms with Crippen LogP contribution < -0.4 is 5.73 Å². The Morgan fingerprint density at radius 2 is 2.16 bits per heavy atom. The van der Waals surface area contributed by atoms with Gasteiger partial charge in [0.05, 0.1) is 11.0 Å². The second-order valence-electron chi connectivity index (χ2n) is 4.12. The fraction of sp³-hybridized carbons (Fsp3) is 0.417. The molecule has 0 aromatic heterocycles. The molecular weight excluding hydrogens is 320 g/mol. The monoisotopic (exact) mass is 335 g/mol. The Labute approximate surface area is 119 Å². The van der Waals surface area contributed by atoms with Gasteiger partial charge in [0.2, 0.25) is 0 Å². The van der Waals surface area contributed by atoms with Gasteiger partial charge in [0.1, 0.15) is 11.6 Å². The number of benzene rings is 1. The van der Waals surface area contributed by atoms with Crippen molar-refractivity contribution >= 4 is 21.8 Å². The van der Waals surface area contributed by atoms with Crippen LogP contribution in [0.4, 0.5) is 8.78 Å². The lowest BCUT2D eigenvalue weighted by molar-refractivity contribution is 0.279. The number of nitrogens with zero attached hydrogens (tertiary/aromatic N) is 2. The van der Waals surface area contributed by atoms with Gasteiger partial charge in [-0.25, -0.2) is 8.78 Å². The third-order valence-electron chi connectivity index (χ3n) is 2.57. The van der Waals surface area contributed by atoms with Gasteiger partial charge in [-0.3, -0.25) is 4.90 Å². The Hall–Kier alpha value is -1.21. The van der Waals surface area contributed by atoms with Crippen molar-refractivity contribution in [1.82, 2.24) is 4.90 Å². The van der Waals surface area contributed by atoms with Crippen molar-refractivity contribution in [1.29, 1.82) is 0 Å². The van der Waals surface area contributed by atoms with E-state index < -0.39 is 11.6 Å². The highest BCUT2D eigenvalue weighted by molar-refractivity contribution is 9.10. The van der Waals surface area contributed by atoms with Crippen LogP contribution in [0.25, 0.3) is 0 Å². The normalized spacial score (nSPS) is 12.2. The van der Waals surface area contributed by atoms with Gasteiger partial charge in [-0.05, 0) is 41.0 Å². The Balaban J connectivity index is 2.93. The van der Waals surface area contributed by atoms with Crippen LogP contribution in [0.15, 0.2) is 21.8 Å². The van der Waals surface area contributed by atoms with E-state index in [1.165, 1.54) is 12.1 Å². The minimum absolute atomic E-state index is 0.00395. The molecule has 1 aromatic carbocycles. The van der Waals surface area contributed by atoms with E-state index in [2.05, 4.69) is 21.1 Å². The molecule has 0 aliphatic carbocycles. The second kappa shape index (κ2) is 7.40. The van der Waals surface area contributed by atoms with Gasteiger partial charge in [0.15, 0.2) is 5.84 Å². The first-order chi connectivity index (χ1) is 8.99. The number of hydrogen-bond donors (Lipinski definition) is 2. The average Bonchev–Trinajstić information content (AvgIpc) is 2.39. The highest BCUT2D eigenvalue weighted by Crippen LogP contribution is 2.22. The molecule has 3 N–H and O–H groups in total. The summed E-state index contributed by atoms with van der Waals surface area (Å²) in [4.78, 5) is 1.71. The number of oxime groups is 1. The van der Waals surface area contributed by atoms with E-state index in [0.717, 1.165) is 6.42 Å². The predicted molar refractivity (Wildman–Crippen MR) is 73.0 cm³/mol. The van der Waals surface area contributed by atoms with Crippen LogP contribution in [-0.2, 0) is 6.54 Å². The largest absolute Gasteiger partial charge is 0.409 e. The molecule has 1 rings (SSSR count). The summed E-state index contributed by atoms with van der Waals surface area (Å²) < 4.78 is 27.7. The molecule has 0 atom stereocenters. The molecule has 106 valence electrons. The SMILES string of the molecule is CCCN(C/C(N)=N/O)Cc1c(F)ccc(Br)c1F. The highest BCUT2D eigenvalue weighted by Gasteiger charge is 2.16. The van der Waals surface area contributed by atoms with E-state index in [1.807, 2.05) is 6.92 Å². The number of hydrogen-bond acceptors (Lipinski definition) is 3. The lowest BCUT2D eigenvalue weighted by Gasteiger charge is -2.21. The zero-order valence-corrected chi connectivity index (χ0v) is 12.1. The van der Waals surface area contributed by atoms with Gasteiger partial charge in [0, 0.05) is 12.1 Å². The average molecular weight is 336 g/mol. The van der Waals surface area contributed by atoms with E-state index in [0.29, 0.717) is 6.54 Å². The fourth-order valence-corrected chi connectivity index (χ4v) is 2.10. The van der Waals surface area contributed by atoms with Gasteiger partial charge < -0.3 is 10.9 Å². The first kappa shape index (κ1) is 15.8. The Bertz CT molecular complexity index is 469. The van der Waals surface area contributed by atoms with Crippen LogP contribution in [0.5, 0.6) is 0 Å².